The second-order valence-electron chi connectivity index (χ2n) is 5.20. The van der Waals surface area contributed by atoms with Crippen molar-refractivity contribution in [2.45, 2.75) is 13.0 Å². The first-order valence-corrected chi connectivity index (χ1v) is 7.31. The van der Waals surface area contributed by atoms with Crippen molar-refractivity contribution in [1.29, 1.82) is 0 Å². The van der Waals surface area contributed by atoms with Gasteiger partial charge in [0, 0.05) is 11.8 Å². The second-order valence-corrected chi connectivity index (χ2v) is 5.20. The molecule has 0 spiro atoms. The van der Waals surface area contributed by atoms with Crippen LogP contribution in [0.5, 0.6) is 11.5 Å². The van der Waals surface area contributed by atoms with E-state index in [1.807, 2.05) is 0 Å². The molecular formula is C17H13F2NO5. The lowest BCUT2D eigenvalue weighted by atomic mass is 10.2. The van der Waals surface area contributed by atoms with Gasteiger partial charge in [-0.25, -0.2) is 13.6 Å². The lowest BCUT2D eigenvalue weighted by Crippen LogP contribution is -2.30. The number of carbonyl (C=O) groups excluding carboxylic acids is 2. The van der Waals surface area contributed by atoms with Gasteiger partial charge in [0.1, 0.15) is 17.2 Å². The fourth-order valence-corrected chi connectivity index (χ4v) is 2.18. The molecule has 1 aliphatic rings. The van der Waals surface area contributed by atoms with Gasteiger partial charge in [0.15, 0.2) is 17.6 Å². The molecule has 0 saturated heterocycles. The molecule has 8 heteroatoms. The highest BCUT2D eigenvalue weighted by atomic mass is 19.1. The highest BCUT2D eigenvalue weighted by Gasteiger charge is 2.24. The zero-order chi connectivity index (χ0) is 18.0. The largest absolute Gasteiger partial charge is 0.454 e. The van der Waals surface area contributed by atoms with Crippen LogP contribution >= 0.6 is 0 Å². The maximum absolute atomic E-state index is 13.6. The number of benzene rings is 2. The second kappa shape index (κ2) is 6.76. The molecule has 0 saturated carbocycles. The van der Waals surface area contributed by atoms with E-state index in [-0.39, 0.29) is 6.79 Å². The minimum Gasteiger partial charge on any atom is -0.454 e. The van der Waals surface area contributed by atoms with Crippen molar-refractivity contribution < 1.29 is 32.6 Å². The van der Waals surface area contributed by atoms with E-state index in [0.29, 0.717) is 17.2 Å². The van der Waals surface area contributed by atoms with Gasteiger partial charge in [-0.3, -0.25) is 4.79 Å². The predicted molar refractivity (Wildman–Crippen MR) is 82.4 cm³/mol. The Balaban J connectivity index is 1.65. The van der Waals surface area contributed by atoms with Crippen LogP contribution in [-0.2, 0) is 9.53 Å². The molecule has 0 radical (unpaired) electrons. The minimum atomic E-state index is -1.27. The monoisotopic (exact) mass is 349 g/mol. The smallest absolute Gasteiger partial charge is 0.344 e. The third-order valence-corrected chi connectivity index (χ3v) is 3.46. The summed E-state index contributed by atoms with van der Waals surface area (Å²) in [5.41, 5.74) is -0.445. The number of nitrogens with one attached hydrogen (secondary N) is 1. The van der Waals surface area contributed by atoms with Gasteiger partial charge in [0.25, 0.3) is 5.91 Å². The van der Waals surface area contributed by atoms with Crippen molar-refractivity contribution in [3.05, 3.63) is 53.6 Å². The number of anilines is 1. The molecular weight excluding hydrogens is 336 g/mol. The Kier molecular flexibility index (Phi) is 4.51. The van der Waals surface area contributed by atoms with Crippen molar-refractivity contribution >= 4 is 17.6 Å². The molecule has 6 nitrogen and oxygen atoms in total. The van der Waals surface area contributed by atoms with Crippen molar-refractivity contribution in [2.75, 3.05) is 12.1 Å². The molecule has 0 fully saturated rings. The lowest BCUT2D eigenvalue weighted by molar-refractivity contribution is -0.123. The first-order chi connectivity index (χ1) is 12.0. The fourth-order valence-electron chi connectivity index (χ4n) is 2.18. The lowest BCUT2D eigenvalue weighted by Gasteiger charge is -2.14. The van der Waals surface area contributed by atoms with E-state index in [0.717, 1.165) is 18.2 Å². The average molecular weight is 349 g/mol. The third kappa shape index (κ3) is 3.52. The number of carbonyl (C=O) groups is 2. The summed E-state index contributed by atoms with van der Waals surface area (Å²) in [5.74, 6) is -3.03. The van der Waals surface area contributed by atoms with Crippen LogP contribution in [0, 0.1) is 11.6 Å². The number of halogens is 2. The molecule has 0 aliphatic carbocycles. The van der Waals surface area contributed by atoms with Crippen LogP contribution in [-0.4, -0.2) is 24.8 Å². The Hall–Kier alpha value is -3.16. The summed E-state index contributed by atoms with van der Waals surface area (Å²) in [6, 6.07) is 7.72. The number of rotatable bonds is 4. The van der Waals surface area contributed by atoms with Crippen molar-refractivity contribution in [1.82, 2.24) is 0 Å². The predicted octanol–water partition coefficient (Wildman–Crippen LogP) is 2.88. The summed E-state index contributed by atoms with van der Waals surface area (Å²) in [7, 11) is 0. The van der Waals surface area contributed by atoms with Gasteiger partial charge in [-0.15, -0.1) is 0 Å². The molecule has 1 heterocycles. The number of hydrogen-bond acceptors (Lipinski definition) is 5. The third-order valence-electron chi connectivity index (χ3n) is 3.46. The van der Waals surface area contributed by atoms with E-state index in [2.05, 4.69) is 5.32 Å². The zero-order valence-electron chi connectivity index (χ0n) is 13.0. The highest BCUT2D eigenvalue weighted by molar-refractivity contribution is 5.97. The molecule has 130 valence electrons. The van der Waals surface area contributed by atoms with Crippen LogP contribution < -0.4 is 14.8 Å². The normalized spacial score (nSPS) is 13.2. The Bertz CT molecular complexity index is 820. The van der Waals surface area contributed by atoms with Gasteiger partial charge in [-0.05, 0) is 31.2 Å². The van der Waals surface area contributed by atoms with Gasteiger partial charge in [-0.2, -0.15) is 0 Å². The topological polar surface area (TPSA) is 73.9 Å². The summed E-state index contributed by atoms with van der Waals surface area (Å²) in [5, 5.41) is 2.52. The Morgan fingerprint density at radius 2 is 1.80 bits per heavy atom. The Morgan fingerprint density at radius 1 is 1.12 bits per heavy atom. The molecule has 0 unspecified atom stereocenters. The molecule has 1 N–H and O–H groups in total. The van der Waals surface area contributed by atoms with Gasteiger partial charge >= 0.3 is 5.97 Å². The van der Waals surface area contributed by atoms with Gasteiger partial charge in [0.2, 0.25) is 6.79 Å². The number of fused-ring (bicyclic) bond motifs is 1. The quantitative estimate of drug-likeness (QED) is 0.859. The summed E-state index contributed by atoms with van der Waals surface area (Å²) >= 11 is 0. The van der Waals surface area contributed by atoms with E-state index >= 15 is 0 Å². The maximum Gasteiger partial charge on any atom is 0.344 e. The summed E-state index contributed by atoms with van der Waals surface area (Å²) in [4.78, 5) is 24.0. The van der Waals surface area contributed by atoms with Gasteiger partial charge in [0.05, 0.1) is 0 Å². The standard InChI is InChI=1S/C17H13F2NO5/c1-9(25-17(22)15-11(18)3-2-4-12(15)19)16(21)20-10-5-6-13-14(7-10)24-8-23-13/h2-7,9H,8H2,1H3,(H,20,21)/t9-/m1/s1. The van der Waals surface area contributed by atoms with E-state index in [1.54, 1.807) is 18.2 Å². The zero-order valence-corrected chi connectivity index (χ0v) is 13.0. The van der Waals surface area contributed by atoms with Gasteiger partial charge < -0.3 is 19.5 Å². The van der Waals surface area contributed by atoms with Crippen molar-refractivity contribution in [2.24, 2.45) is 0 Å². The van der Waals surface area contributed by atoms with Crippen molar-refractivity contribution in [3.63, 3.8) is 0 Å². The summed E-state index contributed by atoms with van der Waals surface area (Å²) in [6.45, 7) is 1.38. The van der Waals surface area contributed by atoms with Crippen LogP contribution in [0.3, 0.4) is 0 Å². The molecule has 2 aromatic carbocycles. The van der Waals surface area contributed by atoms with E-state index in [9.17, 15) is 18.4 Å². The summed E-state index contributed by atoms with van der Waals surface area (Å²) < 4.78 is 42.3. The highest BCUT2D eigenvalue weighted by Crippen LogP contribution is 2.34. The molecule has 25 heavy (non-hydrogen) atoms. The molecule has 1 amide bonds. The summed E-state index contributed by atoms with van der Waals surface area (Å²) in [6.07, 6.45) is -1.27. The fraction of sp³-hybridized carbons (Fsp3) is 0.176. The molecule has 1 atom stereocenters. The molecule has 0 aromatic heterocycles. The molecule has 0 bridgehead atoms. The number of hydrogen-bond donors (Lipinski definition) is 1. The maximum atomic E-state index is 13.6. The Morgan fingerprint density at radius 3 is 2.52 bits per heavy atom. The van der Waals surface area contributed by atoms with Gasteiger partial charge in [-0.1, -0.05) is 6.07 Å². The van der Waals surface area contributed by atoms with Crippen LogP contribution in [0.2, 0.25) is 0 Å². The molecule has 2 aromatic rings. The van der Waals surface area contributed by atoms with Crippen LogP contribution in [0.4, 0.5) is 14.5 Å². The van der Waals surface area contributed by atoms with E-state index in [1.165, 1.54) is 6.92 Å². The molecule has 1 aliphatic heterocycles. The first kappa shape index (κ1) is 16.7. The number of amides is 1. The minimum absolute atomic E-state index is 0.0922. The van der Waals surface area contributed by atoms with E-state index < -0.39 is 35.2 Å². The van der Waals surface area contributed by atoms with E-state index in [4.69, 9.17) is 14.2 Å². The number of ether oxygens (including phenoxy) is 3. The van der Waals surface area contributed by atoms with Crippen LogP contribution in [0.1, 0.15) is 17.3 Å². The van der Waals surface area contributed by atoms with Crippen molar-refractivity contribution in [3.8, 4) is 11.5 Å². The van der Waals surface area contributed by atoms with Crippen LogP contribution in [0.15, 0.2) is 36.4 Å². The Labute approximate surface area is 141 Å². The average Bonchev–Trinajstić information content (AvgIpc) is 3.02. The van der Waals surface area contributed by atoms with Crippen LogP contribution in [0.25, 0.3) is 0 Å². The first-order valence-electron chi connectivity index (χ1n) is 7.31. The SMILES string of the molecule is C[C@@H](OC(=O)c1c(F)cccc1F)C(=O)Nc1ccc2c(c1)OCO2. The number of esters is 1. The molecule has 3 rings (SSSR count).